The van der Waals surface area contributed by atoms with Gasteiger partial charge in [-0.15, -0.1) is 12.3 Å². The maximum atomic E-state index is 12.4. The van der Waals surface area contributed by atoms with Gasteiger partial charge in [0, 0.05) is 44.8 Å². The number of benzene rings is 1. The van der Waals surface area contributed by atoms with E-state index in [0.29, 0.717) is 19.0 Å². The van der Waals surface area contributed by atoms with E-state index in [2.05, 4.69) is 31.3 Å². The molecule has 0 bridgehead atoms. The molecule has 1 saturated heterocycles. The molecule has 1 fully saturated rings. The van der Waals surface area contributed by atoms with E-state index >= 15 is 0 Å². The second kappa shape index (κ2) is 7.39. The van der Waals surface area contributed by atoms with Crippen molar-refractivity contribution in [3.63, 3.8) is 0 Å². The Bertz CT molecular complexity index is 850. The van der Waals surface area contributed by atoms with E-state index in [1.807, 2.05) is 24.3 Å². The number of nitrogens with one attached hydrogen (secondary N) is 1. The summed E-state index contributed by atoms with van der Waals surface area (Å²) in [5, 5.41) is 11.2. The van der Waals surface area contributed by atoms with Crippen molar-refractivity contribution in [1.29, 1.82) is 0 Å². The number of amides is 1. The smallest absolute Gasteiger partial charge is 0.298 e. The molecular formula is C20H23N5O2. The van der Waals surface area contributed by atoms with E-state index in [1.165, 1.54) is 0 Å². The summed E-state index contributed by atoms with van der Waals surface area (Å²) in [6.07, 6.45) is 9.03. The summed E-state index contributed by atoms with van der Waals surface area (Å²) >= 11 is 0. The van der Waals surface area contributed by atoms with Crippen molar-refractivity contribution in [2.75, 3.05) is 24.5 Å². The lowest BCUT2D eigenvalue weighted by molar-refractivity contribution is -0.125. The standard InChI is InChI=1S/C20H23N5O2/c1-2-3-10-20(23-24-20)11-12-21-18(26)15-8-13-25(14-9-15)19-22-16-6-4-5-7-17(16)27-19/h1,4-7,15H,3,8-14H2,(H,21,26). The molecule has 7 nitrogen and oxygen atoms in total. The molecule has 1 aromatic carbocycles. The van der Waals surface area contributed by atoms with E-state index in [-0.39, 0.29) is 17.5 Å². The minimum Gasteiger partial charge on any atom is -0.423 e. The number of piperidine rings is 1. The Labute approximate surface area is 158 Å². The van der Waals surface area contributed by atoms with Gasteiger partial charge in [-0.2, -0.15) is 15.2 Å². The minimum atomic E-state index is -0.337. The highest BCUT2D eigenvalue weighted by molar-refractivity contribution is 5.79. The molecule has 0 unspecified atom stereocenters. The molecule has 2 aromatic rings. The number of nitrogens with zero attached hydrogens (tertiary/aromatic N) is 4. The molecule has 2 aliphatic rings. The first-order chi connectivity index (χ1) is 13.2. The Morgan fingerprint density at radius 2 is 2.07 bits per heavy atom. The number of rotatable bonds is 7. The number of oxazole rings is 1. The number of aromatic nitrogens is 1. The lowest BCUT2D eigenvalue weighted by Gasteiger charge is -2.30. The summed E-state index contributed by atoms with van der Waals surface area (Å²) in [5.41, 5.74) is 1.32. The maximum absolute atomic E-state index is 12.4. The Morgan fingerprint density at radius 3 is 2.78 bits per heavy atom. The third kappa shape index (κ3) is 3.95. The second-order valence-electron chi connectivity index (χ2n) is 7.15. The van der Waals surface area contributed by atoms with Gasteiger partial charge in [-0.1, -0.05) is 12.1 Å². The van der Waals surface area contributed by atoms with Gasteiger partial charge in [-0.05, 0) is 25.0 Å². The zero-order valence-corrected chi connectivity index (χ0v) is 15.2. The van der Waals surface area contributed by atoms with Crippen LogP contribution in [0.3, 0.4) is 0 Å². The molecule has 0 radical (unpaired) electrons. The fraction of sp³-hybridized carbons (Fsp3) is 0.500. The summed E-state index contributed by atoms with van der Waals surface area (Å²) < 4.78 is 5.82. The quantitative estimate of drug-likeness (QED) is 0.764. The molecule has 0 atom stereocenters. The Balaban J connectivity index is 1.23. The number of para-hydroxylation sites is 2. The number of terminal acetylenes is 1. The molecule has 1 aromatic heterocycles. The van der Waals surface area contributed by atoms with Crippen molar-refractivity contribution in [1.82, 2.24) is 10.3 Å². The molecule has 0 aliphatic carbocycles. The van der Waals surface area contributed by atoms with Crippen LogP contribution >= 0.6 is 0 Å². The fourth-order valence-corrected chi connectivity index (χ4v) is 3.53. The van der Waals surface area contributed by atoms with Gasteiger partial charge < -0.3 is 14.6 Å². The van der Waals surface area contributed by atoms with Crippen LogP contribution in [0.2, 0.25) is 0 Å². The average Bonchev–Trinajstić information content (AvgIpc) is 3.33. The predicted octanol–water partition coefficient (Wildman–Crippen LogP) is 3.13. The molecular weight excluding hydrogens is 342 g/mol. The van der Waals surface area contributed by atoms with Crippen molar-refractivity contribution < 1.29 is 9.21 Å². The molecule has 0 saturated carbocycles. The summed E-state index contributed by atoms with van der Waals surface area (Å²) in [4.78, 5) is 19.1. The van der Waals surface area contributed by atoms with E-state index in [0.717, 1.165) is 49.9 Å². The number of carbonyl (C=O) groups is 1. The van der Waals surface area contributed by atoms with E-state index in [4.69, 9.17) is 10.8 Å². The molecule has 27 heavy (non-hydrogen) atoms. The van der Waals surface area contributed by atoms with Crippen LogP contribution in [0.5, 0.6) is 0 Å². The zero-order valence-electron chi connectivity index (χ0n) is 15.2. The number of hydrogen-bond donors (Lipinski definition) is 1. The Hall–Kier alpha value is -2.88. The van der Waals surface area contributed by atoms with E-state index < -0.39 is 0 Å². The molecule has 1 amide bonds. The molecule has 2 aliphatic heterocycles. The van der Waals surface area contributed by atoms with Crippen LogP contribution in [-0.4, -0.2) is 36.2 Å². The Kier molecular flexibility index (Phi) is 4.80. The van der Waals surface area contributed by atoms with Gasteiger partial charge in [0.25, 0.3) is 6.01 Å². The number of hydrogen-bond acceptors (Lipinski definition) is 6. The van der Waals surface area contributed by atoms with Crippen molar-refractivity contribution in [2.24, 2.45) is 16.1 Å². The summed E-state index contributed by atoms with van der Waals surface area (Å²) in [7, 11) is 0. The topological polar surface area (TPSA) is 83.1 Å². The normalized spacial score (nSPS) is 18.4. The molecule has 3 heterocycles. The second-order valence-corrected chi connectivity index (χ2v) is 7.15. The fourth-order valence-electron chi connectivity index (χ4n) is 3.53. The van der Waals surface area contributed by atoms with Crippen LogP contribution in [0, 0.1) is 18.3 Å². The number of anilines is 1. The summed E-state index contributed by atoms with van der Waals surface area (Å²) in [6.45, 7) is 2.12. The van der Waals surface area contributed by atoms with E-state index in [1.54, 1.807) is 0 Å². The van der Waals surface area contributed by atoms with E-state index in [9.17, 15) is 4.79 Å². The lowest BCUT2D eigenvalue weighted by atomic mass is 9.96. The third-order valence-electron chi connectivity index (χ3n) is 5.30. The maximum Gasteiger partial charge on any atom is 0.298 e. The third-order valence-corrected chi connectivity index (χ3v) is 5.30. The monoisotopic (exact) mass is 365 g/mol. The van der Waals surface area contributed by atoms with Gasteiger partial charge in [-0.25, -0.2) is 0 Å². The van der Waals surface area contributed by atoms with Gasteiger partial charge in [-0.3, -0.25) is 4.79 Å². The molecule has 1 N–H and O–H groups in total. The van der Waals surface area contributed by atoms with Crippen LogP contribution in [0.4, 0.5) is 6.01 Å². The largest absolute Gasteiger partial charge is 0.423 e. The average molecular weight is 365 g/mol. The van der Waals surface area contributed by atoms with Gasteiger partial charge in [0.05, 0.1) is 0 Å². The van der Waals surface area contributed by atoms with Crippen molar-refractivity contribution in [3.05, 3.63) is 24.3 Å². The van der Waals surface area contributed by atoms with Crippen molar-refractivity contribution >= 4 is 23.0 Å². The zero-order chi connectivity index (χ0) is 18.7. The van der Waals surface area contributed by atoms with Gasteiger partial charge in [0.15, 0.2) is 11.2 Å². The first-order valence-electron chi connectivity index (χ1n) is 9.45. The van der Waals surface area contributed by atoms with Crippen LogP contribution in [0.25, 0.3) is 11.1 Å². The highest BCUT2D eigenvalue weighted by atomic mass is 16.4. The first kappa shape index (κ1) is 17.5. The highest BCUT2D eigenvalue weighted by Crippen LogP contribution is 2.36. The number of fused-ring (bicyclic) bond motifs is 1. The van der Waals surface area contributed by atoms with Crippen LogP contribution in [0.1, 0.15) is 32.1 Å². The van der Waals surface area contributed by atoms with Gasteiger partial charge >= 0.3 is 0 Å². The Morgan fingerprint density at radius 1 is 1.30 bits per heavy atom. The van der Waals surface area contributed by atoms with Gasteiger partial charge in [0.1, 0.15) is 5.52 Å². The first-order valence-corrected chi connectivity index (χ1v) is 9.45. The molecule has 0 spiro atoms. The SMILES string of the molecule is C#CCCC1(CCNC(=O)C2CCN(c3nc4ccccc4o3)CC2)N=N1. The highest BCUT2D eigenvalue weighted by Gasteiger charge is 2.38. The lowest BCUT2D eigenvalue weighted by Crippen LogP contribution is -2.41. The van der Waals surface area contributed by atoms with Crippen LogP contribution < -0.4 is 10.2 Å². The van der Waals surface area contributed by atoms with Crippen molar-refractivity contribution in [3.8, 4) is 12.3 Å². The number of carbonyl (C=O) groups excluding carboxylic acids is 1. The van der Waals surface area contributed by atoms with Crippen LogP contribution in [-0.2, 0) is 4.79 Å². The molecule has 7 heteroatoms. The van der Waals surface area contributed by atoms with Crippen LogP contribution in [0.15, 0.2) is 38.9 Å². The predicted molar refractivity (Wildman–Crippen MR) is 102 cm³/mol. The van der Waals surface area contributed by atoms with Crippen molar-refractivity contribution in [2.45, 2.75) is 37.8 Å². The molecule has 140 valence electrons. The van der Waals surface area contributed by atoms with Gasteiger partial charge in [0.2, 0.25) is 5.91 Å². The molecule has 4 rings (SSSR count). The summed E-state index contributed by atoms with van der Waals surface area (Å²) in [6, 6.07) is 8.39. The minimum absolute atomic E-state index is 0.0281. The summed E-state index contributed by atoms with van der Waals surface area (Å²) in [5.74, 6) is 2.76.